The van der Waals surface area contributed by atoms with Crippen LogP contribution >= 0.6 is 0 Å². The molecule has 0 aromatic carbocycles. The van der Waals surface area contributed by atoms with Crippen LogP contribution in [0.1, 0.15) is 6.92 Å². The molecule has 0 unspecified atom stereocenters. The van der Waals surface area contributed by atoms with Crippen LogP contribution in [0.5, 0.6) is 0 Å². The molecule has 0 bridgehead atoms. The fourth-order valence-electron chi connectivity index (χ4n) is 0.400. The van der Waals surface area contributed by atoms with Gasteiger partial charge in [0.1, 0.15) is 6.61 Å². The second-order valence-electron chi connectivity index (χ2n) is 1.73. The zero-order chi connectivity index (χ0) is 7.82. The molecule has 0 aromatic rings. The fourth-order valence-corrected chi connectivity index (χ4v) is 0.400. The molecule has 0 aliphatic heterocycles. The molecule has 0 spiro atoms. The maximum Gasteiger partial charge on any atom is 0.152 e. The van der Waals surface area contributed by atoms with Gasteiger partial charge in [-0.15, -0.1) is 6.42 Å². The lowest BCUT2D eigenvalue weighted by atomic mass is 10.4. The highest BCUT2D eigenvalue weighted by Crippen LogP contribution is 1.77. The molecule has 2 heteroatoms. The van der Waals surface area contributed by atoms with Crippen molar-refractivity contribution in [1.82, 2.24) is 0 Å². The normalized spacial score (nSPS) is 9.60. The molecular weight excluding hydrogens is 128 g/mol. The summed E-state index contributed by atoms with van der Waals surface area (Å²) in [4.78, 5) is 10.3. The van der Waals surface area contributed by atoms with Crippen molar-refractivity contribution < 1.29 is 9.53 Å². The lowest BCUT2D eigenvalue weighted by molar-refractivity contribution is -0.112. The van der Waals surface area contributed by atoms with E-state index >= 15 is 0 Å². The van der Waals surface area contributed by atoms with Gasteiger partial charge in [-0.3, -0.25) is 4.79 Å². The Morgan fingerprint density at radius 3 is 3.00 bits per heavy atom. The zero-order valence-corrected chi connectivity index (χ0v) is 5.96. The van der Waals surface area contributed by atoms with E-state index in [2.05, 4.69) is 5.92 Å². The van der Waals surface area contributed by atoms with Gasteiger partial charge in [-0.05, 0) is 13.0 Å². The van der Waals surface area contributed by atoms with Crippen molar-refractivity contribution >= 4 is 5.78 Å². The molecule has 0 saturated carbocycles. The Balaban J connectivity index is 3.20. The predicted molar refractivity (Wildman–Crippen MR) is 39.5 cm³/mol. The van der Waals surface area contributed by atoms with Crippen LogP contribution in [0.2, 0.25) is 0 Å². The van der Waals surface area contributed by atoms with E-state index in [1.54, 1.807) is 6.08 Å². The van der Waals surface area contributed by atoms with Gasteiger partial charge in [0.15, 0.2) is 5.78 Å². The number of terminal acetylenes is 1. The third-order valence-corrected chi connectivity index (χ3v) is 0.752. The van der Waals surface area contributed by atoms with Crippen molar-refractivity contribution in [2.24, 2.45) is 0 Å². The first-order chi connectivity index (χ1) is 4.77. The van der Waals surface area contributed by atoms with E-state index in [9.17, 15) is 4.79 Å². The molecule has 0 atom stereocenters. The van der Waals surface area contributed by atoms with E-state index < -0.39 is 0 Å². The molecule has 0 radical (unpaired) electrons. The lowest BCUT2D eigenvalue weighted by Crippen LogP contribution is -1.91. The monoisotopic (exact) mass is 138 g/mol. The average molecular weight is 138 g/mol. The Hall–Kier alpha value is -1.07. The molecular formula is C8H10O2. The number of allylic oxidation sites excluding steroid dienone is 1. The van der Waals surface area contributed by atoms with Gasteiger partial charge >= 0.3 is 0 Å². The average Bonchev–Trinajstić information content (AvgIpc) is 1.87. The minimum Gasteiger partial charge on any atom is -0.365 e. The molecule has 0 aliphatic carbocycles. The summed E-state index contributed by atoms with van der Waals surface area (Å²) in [5.41, 5.74) is 0. The Bertz CT molecular complexity index is 163. The summed E-state index contributed by atoms with van der Waals surface area (Å²) in [6.45, 7) is 2.18. The Labute approximate surface area is 60.9 Å². The number of ether oxygens (including phenoxy) is 1. The SMILES string of the molecule is C#CCOC/C=C/C(C)=O. The van der Waals surface area contributed by atoms with E-state index in [0.29, 0.717) is 13.2 Å². The summed E-state index contributed by atoms with van der Waals surface area (Å²) in [5, 5.41) is 0. The smallest absolute Gasteiger partial charge is 0.152 e. The van der Waals surface area contributed by atoms with Crippen LogP contribution < -0.4 is 0 Å². The van der Waals surface area contributed by atoms with Gasteiger partial charge in [0.25, 0.3) is 0 Å². The molecule has 0 amide bonds. The first-order valence-corrected chi connectivity index (χ1v) is 2.95. The Kier molecular flexibility index (Phi) is 5.41. The van der Waals surface area contributed by atoms with Crippen LogP contribution in [0.15, 0.2) is 12.2 Å². The first kappa shape index (κ1) is 8.93. The van der Waals surface area contributed by atoms with Crippen molar-refractivity contribution in [3.05, 3.63) is 12.2 Å². The topological polar surface area (TPSA) is 26.3 Å². The van der Waals surface area contributed by atoms with Crippen LogP contribution in [0.3, 0.4) is 0 Å². The summed E-state index contributed by atoms with van der Waals surface area (Å²) in [5.74, 6) is 2.33. The highest BCUT2D eigenvalue weighted by molar-refractivity contribution is 5.87. The van der Waals surface area contributed by atoms with Gasteiger partial charge in [0.2, 0.25) is 0 Å². The first-order valence-electron chi connectivity index (χ1n) is 2.95. The number of carbonyl (C=O) groups is 1. The number of ketones is 1. The van der Waals surface area contributed by atoms with Crippen LogP contribution in [0, 0.1) is 12.3 Å². The quantitative estimate of drug-likeness (QED) is 0.326. The standard InChI is InChI=1S/C8H10O2/c1-3-6-10-7-4-5-8(2)9/h1,4-5H,6-7H2,2H3/b5-4+. The van der Waals surface area contributed by atoms with E-state index in [-0.39, 0.29) is 5.78 Å². The number of hydrogen-bond acceptors (Lipinski definition) is 2. The maximum atomic E-state index is 10.3. The zero-order valence-electron chi connectivity index (χ0n) is 5.96. The van der Waals surface area contributed by atoms with Crippen LogP contribution in [-0.2, 0) is 9.53 Å². The predicted octanol–water partition coefficient (Wildman–Crippen LogP) is 0.781. The number of carbonyl (C=O) groups excluding carboxylic acids is 1. The molecule has 0 saturated heterocycles. The van der Waals surface area contributed by atoms with Gasteiger partial charge in [-0.2, -0.15) is 0 Å². The Morgan fingerprint density at radius 1 is 1.80 bits per heavy atom. The second kappa shape index (κ2) is 6.06. The molecule has 0 rings (SSSR count). The van der Waals surface area contributed by atoms with Crippen LogP contribution in [0.4, 0.5) is 0 Å². The van der Waals surface area contributed by atoms with E-state index in [1.807, 2.05) is 0 Å². The third kappa shape index (κ3) is 6.93. The number of hydrogen-bond donors (Lipinski definition) is 0. The minimum atomic E-state index is 0.0179. The van der Waals surface area contributed by atoms with Gasteiger partial charge in [-0.25, -0.2) is 0 Å². The fraction of sp³-hybridized carbons (Fsp3) is 0.375. The number of rotatable bonds is 4. The third-order valence-electron chi connectivity index (χ3n) is 0.752. The molecule has 54 valence electrons. The van der Waals surface area contributed by atoms with E-state index in [1.165, 1.54) is 13.0 Å². The molecule has 0 N–H and O–H groups in total. The summed E-state index contributed by atoms with van der Waals surface area (Å²) >= 11 is 0. The molecule has 0 aliphatic rings. The largest absolute Gasteiger partial charge is 0.365 e. The summed E-state index contributed by atoms with van der Waals surface area (Å²) in [6, 6.07) is 0. The lowest BCUT2D eigenvalue weighted by Gasteiger charge is -1.90. The molecule has 0 heterocycles. The summed E-state index contributed by atoms with van der Waals surface area (Å²) in [7, 11) is 0. The highest BCUT2D eigenvalue weighted by atomic mass is 16.5. The molecule has 0 fully saturated rings. The van der Waals surface area contributed by atoms with Crippen molar-refractivity contribution in [2.75, 3.05) is 13.2 Å². The summed E-state index contributed by atoms with van der Waals surface area (Å²) in [6.07, 6.45) is 8.00. The van der Waals surface area contributed by atoms with Crippen molar-refractivity contribution in [3.8, 4) is 12.3 Å². The highest BCUT2D eigenvalue weighted by Gasteiger charge is 1.80. The van der Waals surface area contributed by atoms with Crippen molar-refractivity contribution in [3.63, 3.8) is 0 Å². The minimum absolute atomic E-state index is 0.0179. The molecule has 0 aromatic heterocycles. The van der Waals surface area contributed by atoms with Crippen molar-refractivity contribution in [1.29, 1.82) is 0 Å². The summed E-state index contributed by atoms with van der Waals surface area (Å²) < 4.78 is 4.86. The van der Waals surface area contributed by atoms with Crippen molar-refractivity contribution in [2.45, 2.75) is 6.92 Å². The molecule has 2 nitrogen and oxygen atoms in total. The van der Waals surface area contributed by atoms with Gasteiger partial charge in [-0.1, -0.05) is 12.0 Å². The van der Waals surface area contributed by atoms with Crippen LogP contribution in [-0.4, -0.2) is 19.0 Å². The Morgan fingerprint density at radius 2 is 2.50 bits per heavy atom. The second-order valence-corrected chi connectivity index (χ2v) is 1.73. The van der Waals surface area contributed by atoms with Gasteiger partial charge in [0, 0.05) is 0 Å². The van der Waals surface area contributed by atoms with Gasteiger partial charge in [0.05, 0.1) is 6.61 Å². The van der Waals surface area contributed by atoms with Gasteiger partial charge < -0.3 is 4.74 Å². The molecule has 10 heavy (non-hydrogen) atoms. The van der Waals surface area contributed by atoms with E-state index in [0.717, 1.165) is 0 Å². The van der Waals surface area contributed by atoms with Crippen LogP contribution in [0.25, 0.3) is 0 Å². The van der Waals surface area contributed by atoms with E-state index in [4.69, 9.17) is 11.2 Å². The maximum absolute atomic E-state index is 10.3.